The standard InChI is InChI=1S/C15H19N5/c1-11-7-16-9-19-15(11)13-4-3-5-20(8-13)14-6-12(2)17-10-18-14/h6-7,9-10,13H,3-5,8H2,1-2H3. The molecule has 0 bridgehead atoms. The maximum Gasteiger partial charge on any atom is 0.132 e. The van der Waals surface area contributed by atoms with Gasteiger partial charge < -0.3 is 4.90 Å². The van der Waals surface area contributed by atoms with E-state index in [1.165, 1.54) is 17.7 Å². The lowest BCUT2D eigenvalue weighted by Crippen LogP contribution is -2.35. The molecule has 2 aromatic rings. The van der Waals surface area contributed by atoms with E-state index in [9.17, 15) is 0 Å². The van der Waals surface area contributed by atoms with Gasteiger partial charge in [0.1, 0.15) is 18.5 Å². The smallest absolute Gasteiger partial charge is 0.132 e. The fraction of sp³-hybridized carbons (Fsp3) is 0.467. The van der Waals surface area contributed by atoms with Gasteiger partial charge in [-0.15, -0.1) is 0 Å². The first-order valence-corrected chi connectivity index (χ1v) is 7.04. The van der Waals surface area contributed by atoms with E-state index in [0.29, 0.717) is 5.92 Å². The van der Waals surface area contributed by atoms with Crippen molar-refractivity contribution in [1.29, 1.82) is 0 Å². The highest BCUT2D eigenvalue weighted by Gasteiger charge is 2.24. The number of piperidine rings is 1. The number of rotatable bonds is 2. The van der Waals surface area contributed by atoms with Gasteiger partial charge in [-0.1, -0.05) is 0 Å². The third-order valence-electron chi connectivity index (χ3n) is 3.86. The van der Waals surface area contributed by atoms with Gasteiger partial charge in [-0.05, 0) is 32.3 Å². The lowest BCUT2D eigenvalue weighted by Gasteiger charge is -2.33. The molecule has 5 heteroatoms. The largest absolute Gasteiger partial charge is 0.356 e. The van der Waals surface area contributed by atoms with Crippen LogP contribution in [0.1, 0.15) is 35.7 Å². The summed E-state index contributed by atoms with van der Waals surface area (Å²) in [6.07, 6.45) is 7.53. The van der Waals surface area contributed by atoms with E-state index in [1.807, 2.05) is 13.1 Å². The molecule has 104 valence electrons. The minimum Gasteiger partial charge on any atom is -0.356 e. The summed E-state index contributed by atoms with van der Waals surface area (Å²) >= 11 is 0. The molecule has 0 N–H and O–H groups in total. The first kappa shape index (κ1) is 13.0. The topological polar surface area (TPSA) is 54.8 Å². The Kier molecular flexibility index (Phi) is 3.58. The Morgan fingerprint density at radius 1 is 1.15 bits per heavy atom. The van der Waals surface area contributed by atoms with E-state index in [1.54, 1.807) is 12.7 Å². The first-order chi connectivity index (χ1) is 9.74. The summed E-state index contributed by atoms with van der Waals surface area (Å²) in [6, 6.07) is 2.05. The van der Waals surface area contributed by atoms with Crippen molar-refractivity contribution in [3.05, 3.63) is 41.9 Å². The quantitative estimate of drug-likeness (QED) is 0.837. The normalized spacial score (nSPS) is 19.1. The molecular formula is C15H19N5. The average Bonchev–Trinajstić information content (AvgIpc) is 2.48. The molecule has 0 aromatic carbocycles. The summed E-state index contributed by atoms with van der Waals surface area (Å²) in [5.74, 6) is 1.48. The Morgan fingerprint density at radius 3 is 2.85 bits per heavy atom. The van der Waals surface area contributed by atoms with Gasteiger partial charge in [0.25, 0.3) is 0 Å². The number of hydrogen-bond acceptors (Lipinski definition) is 5. The van der Waals surface area contributed by atoms with Gasteiger partial charge >= 0.3 is 0 Å². The Hall–Kier alpha value is -2.04. The second kappa shape index (κ2) is 5.53. The molecule has 1 aliphatic rings. The fourth-order valence-corrected chi connectivity index (χ4v) is 2.86. The molecule has 1 atom stereocenters. The van der Waals surface area contributed by atoms with Crippen LogP contribution in [0.3, 0.4) is 0 Å². The van der Waals surface area contributed by atoms with Crippen molar-refractivity contribution >= 4 is 5.82 Å². The van der Waals surface area contributed by atoms with E-state index in [2.05, 4.69) is 37.8 Å². The molecule has 0 saturated carbocycles. The molecule has 20 heavy (non-hydrogen) atoms. The predicted molar refractivity (Wildman–Crippen MR) is 77.7 cm³/mol. The van der Waals surface area contributed by atoms with Crippen molar-refractivity contribution in [2.45, 2.75) is 32.6 Å². The maximum absolute atomic E-state index is 4.48. The van der Waals surface area contributed by atoms with E-state index in [-0.39, 0.29) is 0 Å². The number of aryl methyl sites for hydroxylation is 2. The molecule has 1 saturated heterocycles. The summed E-state index contributed by atoms with van der Waals surface area (Å²) in [6.45, 7) is 6.11. The van der Waals surface area contributed by atoms with Gasteiger partial charge in [0, 0.05) is 37.0 Å². The summed E-state index contributed by atoms with van der Waals surface area (Å²) in [5.41, 5.74) is 3.36. The molecule has 5 nitrogen and oxygen atoms in total. The van der Waals surface area contributed by atoms with E-state index < -0.39 is 0 Å². The van der Waals surface area contributed by atoms with Crippen LogP contribution in [0.2, 0.25) is 0 Å². The summed E-state index contributed by atoms with van der Waals surface area (Å²) in [4.78, 5) is 19.5. The minimum absolute atomic E-state index is 0.460. The molecule has 1 aliphatic heterocycles. The van der Waals surface area contributed by atoms with Gasteiger partial charge in [0.05, 0.1) is 5.69 Å². The summed E-state index contributed by atoms with van der Waals surface area (Å²) in [5, 5.41) is 0. The van der Waals surface area contributed by atoms with Crippen molar-refractivity contribution in [3.8, 4) is 0 Å². The van der Waals surface area contributed by atoms with Crippen molar-refractivity contribution in [2.24, 2.45) is 0 Å². The molecule has 3 heterocycles. The SMILES string of the molecule is Cc1cc(N2CCCC(c3ncncc3C)C2)ncn1. The van der Waals surface area contributed by atoms with Crippen LogP contribution in [-0.4, -0.2) is 33.0 Å². The van der Waals surface area contributed by atoms with Crippen LogP contribution < -0.4 is 4.90 Å². The zero-order valence-electron chi connectivity index (χ0n) is 12.0. The molecule has 0 spiro atoms. The van der Waals surface area contributed by atoms with Crippen LogP contribution in [0, 0.1) is 13.8 Å². The Labute approximate surface area is 119 Å². The van der Waals surface area contributed by atoms with Crippen LogP contribution in [0.4, 0.5) is 5.82 Å². The molecule has 0 aliphatic carbocycles. The van der Waals surface area contributed by atoms with Crippen LogP contribution >= 0.6 is 0 Å². The second-order valence-corrected chi connectivity index (χ2v) is 5.39. The maximum atomic E-state index is 4.48. The third kappa shape index (κ3) is 2.61. The van der Waals surface area contributed by atoms with Gasteiger partial charge in [-0.25, -0.2) is 19.9 Å². The lowest BCUT2D eigenvalue weighted by molar-refractivity contribution is 0.495. The first-order valence-electron chi connectivity index (χ1n) is 7.04. The molecule has 1 fully saturated rings. The van der Waals surface area contributed by atoms with Crippen LogP contribution in [0.15, 0.2) is 24.9 Å². The monoisotopic (exact) mass is 269 g/mol. The molecule has 1 unspecified atom stereocenters. The molecule has 0 amide bonds. The van der Waals surface area contributed by atoms with Crippen molar-refractivity contribution < 1.29 is 0 Å². The minimum atomic E-state index is 0.460. The fourth-order valence-electron chi connectivity index (χ4n) is 2.86. The highest BCUT2D eigenvalue weighted by Crippen LogP contribution is 2.29. The van der Waals surface area contributed by atoms with Crippen molar-refractivity contribution in [2.75, 3.05) is 18.0 Å². The van der Waals surface area contributed by atoms with Crippen LogP contribution in [-0.2, 0) is 0 Å². The highest BCUT2D eigenvalue weighted by atomic mass is 15.2. The number of nitrogens with zero attached hydrogens (tertiary/aromatic N) is 5. The third-order valence-corrected chi connectivity index (χ3v) is 3.86. The summed E-state index contributed by atoms with van der Waals surface area (Å²) < 4.78 is 0. The molecule has 3 rings (SSSR count). The lowest BCUT2D eigenvalue weighted by atomic mass is 9.92. The number of anilines is 1. The van der Waals surface area contributed by atoms with E-state index in [0.717, 1.165) is 31.0 Å². The van der Waals surface area contributed by atoms with E-state index >= 15 is 0 Å². The molecule has 2 aromatic heterocycles. The number of hydrogen-bond donors (Lipinski definition) is 0. The average molecular weight is 269 g/mol. The van der Waals surface area contributed by atoms with Gasteiger partial charge in [0.2, 0.25) is 0 Å². The second-order valence-electron chi connectivity index (χ2n) is 5.39. The Bertz CT molecular complexity index is 598. The molecular weight excluding hydrogens is 250 g/mol. The Morgan fingerprint density at radius 2 is 2.05 bits per heavy atom. The Balaban J connectivity index is 1.82. The predicted octanol–water partition coefficient (Wildman–Crippen LogP) is 2.27. The number of aromatic nitrogens is 4. The van der Waals surface area contributed by atoms with Crippen LogP contribution in [0.25, 0.3) is 0 Å². The van der Waals surface area contributed by atoms with Gasteiger partial charge in [-0.3, -0.25) is 0 Å². The van der Waals surface area contributed by atoms with Crippen molar-refractivity contribution in [1.82, 2.24) is 19.9 Å². The van der Waals surface area contributed by atoms with Gasteiger partial charge in [-0.2, -0.15) is 0 Å². The highest BCUT2D eigenvalue weighted by molar-refractivity contribution is 5.40. The zero-order valence-corrected chi connectivity index (χ0v) is 12.0. The van der Waals surface area contributed by atoms with Crippen molar-refractivity contribution in [3.63, 3.8) is 0 Å². The zero-order chi connectivity index (χ0) is 13.9. The van der Waals surface area contributed by atoms with Crippen LogP contribution in [0.5, 0.6) is 0 Å². The van der Waals surface area contributed by atoms with Gasteiger partial charge in [0.15, 0.2) is 0 Å². The molecule has 0 radical (unpaired) electrons. The summed E-state index contributed by atoms with van der Waals surface area (Å²) in [7, 11) is 0. The van der Waals surface area contributed by atoms with E-state index in [4.69, 9.17) is 0 Å².